The Morgan fingerprint density at radius 3 is 2.48 bits per heavy atom. The van der Waals surface area contributed by atoms with Gasteiger partial charge in [0.1, 0.15) is 0 Å². The van der Waals surface area contributed by atoms with Crippen molar-refractivity contribution in [3.05, 3.63) is 46.7 Å². The number of ether oxygens (including phenoxy) is 2. The maximum atomic E-state index is 12.8. The van der Waals surface area contributed by atoms with Crippen molar-refractivity contribution in [2.45, 2.75) is 32.1 Å². The van der Waals surface area contributed by atoms with Gasteiger partial charge in [-0.1, -0.05) is 23.9 Å². The lowest BCUT2D eigenvalue weighted by Crippen LogP contribution is -2.40. The summed E-state index contributed by atoms with van der Waals surface area (Å²) in [6.07, 6.45) is 0. The topological polar surface area (TPSA) is 85.3 Å². The highest BCUT2D eigenvalue weighted by atomic mass is 32.2. The van der Waals surface area contributed by atoms with Crippen LogP contribution in [0.25, 0.3) is 0 Å². The maximum absolute atomic E-state index is 12.8. The van der Waals surface area contributed by atoms with Crippen LogP contribution < -0.4 is 0 Å². The number of carbonyl (C=O) groups excluding carboxylic acids is 3. The molecule has 0 saturated carbocycles. The first-order valence-electron chi connectivity index (χ1n) is 8.53. The van der Waals surface area contributed by atoms with Crippen molar-refractivity contribution in [2.75, 3.05) is 13.7 Å². The predicted molar refractivity (Wildman–Crippen MR) is 101 cm³/mol. The van der Waals surface area contributed by atoms with Gasteiger partial charge in [0.25, 0.3) is 0 Å². The van der Waals surface area contributed by atoms with Gasteiger partial charge >= 0.3 is 11.9 Å². The molecule has 0 bridgehead atoms. The summed E-state index contributed by atoms with van der Waals surface area (Å²) in [4.78, 5) is 43.1. The summed E-state index contributed by atoms with van der Waals surface area (Å²) in [6.45, 7) is 5.49. The molecule has 0 unspecified atom stereocenters. The minimum absolute atomic E-state index is 0.116. The zero-order valence-electron chi connectivity index (χ0n) is 15.5. The molecule has 8 heteroatoms. The van der Waals surface area contributed by atoms with Crippen LogP contribution in [-0.4, -0.2) is 46.9 Å². The van der Waals surface area contributed by atoms with Crippen molar-refractivity contribution in [2.24, 2.45) is 4.99 Å². The second-order valence-electron chi connectivity index (χ2n) is 6.10. The van der Waals surface area contributed by atoms with E-state index in [0.29, 0.717) is 27.6 Å². The Labute approximate surface area is 161 Å². The molecule has 1 fully saturated rings. The Balaban J connectivity index is 2.09. The molecule has 0 aromatic heterocycles. The van der Waals surface area contributed by atoms with Gasteiger partial charge < -0.3 is 9.47 Å². The van der Waals surface area contributed by atoms with Crippen molar-refractivity contribution in [1.82, 2.24) is 4.90 Å². The number of amidine groups is 1. The van der Waals surface area contributed by atoms with E-state index < -0.39 is 18.0 Å². The van der Waals surface area contributed by atoms with Gasteiger partial charge in [-0.15, -0.1) is 0 Å². The molecule has 142 valence electrons. The summed E-state index contributed by atoms with van der Waals surface area (Å²) in [6, 6.07) is 6.01. The van der Waals surface area contributed by atoms with Crippen molar-refractivity contribution in [3.63, 3.8) is 0 Å². The highest BCUT2D eigenvalue weighted by molar-refractivity contribution is 8.15. The lowest BCUT2D eigenvalue weighted by molar-refractivity contribution is -0.139. The molecule has 1 saturated heterocycles. The van der Waals surface area contributed by atoms with E-state index in [-0.39, 0.29) is 17.8 Å². The molecule has 2 aliphatic heterocycles. The lowest BCUT2D eigenvalue weighted by atomic mass is 9.93. The van der Waals surface area contributed by atoms with Crippen LogP contribution >= 0.6 is 11.8 Å². The van der Waals surface area contributed by atoms with E-state index in [4.69, 9.17) is 9.47 Å². The van der Waals surface area contributed by atoms with Crippen LogP contribution in [0, 0.1) is 0 Å². The number of carbonyl (C=O) groups is 3. The summed E-state index contributed by atoms with van der Waals surface area (Å²) in [5.41, 5.74) is 1.94. The third-order valence-electron chi connectivity index (χ3n) is 4.40. The van der Waals surface area contributed by atoms with E-state index in [1.165, 1.54) is 18.9 Å². The Kier molecular flexibility index (Phi) is 5.36. The summed E-state index contributed by atoms with van der Waals surface area (Å²) < 4.78 is 9.93. The molecule has 27 heavy (non-hydrogen) atoms. The molecule has 3 rings (SSSR count). The molecule has 0 N–H and O–H groups in total. The molecule has 1 aromatic carbocycles. The first-order chi connectivity index (χ1) is 12.9. The fraction of sp³-hybridized carbons (Fsp3) is 0.368. The largest absolute Gasteiger partial charge is 0.465 e. The highest BCUT2D eigenvalue weighted by Crippen LogP contribution is 2.43. The van der Waals surface area contributed by atoms with Gasteiger partial charge in [0, 0.05) is 0 Å². The number of methoxy groups -OCH3 is 1. The van der Waals surface area contributed by atoms with Crippen molar-refractivity contribution in [1.29, 1.82) is 0 Å². The standard InChI is InChI=1S/C19H20N2O5S/c1-5-26-18(24)14-10(2)20-19-21(16(22)11(3)27-19)15(14)12-6-8-13(9-7-12)17(23)25-4/h6-9,11,15H,5H2,1-4H3/t11-,15+/m0/s1. The number of benzene rings is 1. The Morgan fingerprint density at radius 1 is 1.22 bits per heavy atom. The van der Waals surface area contributed by atoms with Crippen molar-refractivity contribution >= 4 is 34.8 Å². The first kappa shape index (κ1) is 19.2. The fourth-order valence-corrected chi connectivity index (χ4v) is 4.14. The van der Waals surface area contributed by atoms with Crippen LogP contribution in [0.3, 0.4) is 0 Å². The number of aliphatic imine (C=N–C) groups is 1. The van der Waals surface area contributed by atoms with E-state index >= 15 is 0 Å². The highest BCUT2D eigenvalue weighted by Gasteiger charge is 2.46. The third kappa shape index (κ3) is 3.37. The summed E-state index contributed by atoms with van der Waals surface area (Å²) >= 11 is 1.36. The van der Waals surface area contributed by atoms with Crippen molar-refractivity contribution < 1.29 is 23.9 Å². The number of nitrogens with zero attached hydrogens (tertiary/aromatic N) is 2. The number of thioether (sulfide) groups is 1. The van der Waals surface area contributed by atoms with Crippen molar-refractivity contribution in [3.8, 4) is 0 Å². The first-order valence-corrected chi connectivity index (χ1v) is 9.41. The Bertz CT molecular complexity index is 859. The minimum atomic E-state index is -0.645. The number of hydrogen-bond acceptors (Lipinski definition) is 7. The smallest absolute Gasteiger partial charge is 0.338 e. The van der Waals surface area contributed by atoms with Crippen LogP contribution in [0.1, 0.15) is 42.7 Å². The molecule has 0 radical (unpaired) electrons. The monoisotopic (exact) mass is 388 g/mol. The van der Waals surface area contributed by atoms with Crippen LogP contribution in [0.4, 0.5) is 0 Å². The summed E-state index contributed by atoms with van der Waals surface area (Å²) in [5.74, 6) is -1.07. The molecule has 7 nitrogen and oxygen atoms in total. The average molecular weight is 388 g/mol. The fourth-order valence-electron chi connectivity index (χ4n) is 3.11. The number of allylic oxidation sites excluding steroid dienone is 1. The van der Waals surface area contributed by atoms with Crippen LogP contribution in [0.2, 0.25) is 0 Å². The summed E-state index contributed by atoms with van der Waals surface area (Å²) in [5, 5.41) is 0.287. The third-order valence-corrected chi connectivity index (χ3v) is 5.46. The molecular weight excluding hydrogens is 368 g/mol. The lowest BCUT2D eigenvalue weighted by Gasteiger charge is -2.33. The molecule has 2 heterocycles. The van der Waals surface area contributed by atoms with E-state index in [9.17, 15) is 14.4 Å². The van der Waals surface area contributed by atoms with Gasteiger partial charge in [0.15, 0.2) is 5.17 Å². The van der Waals surface area contributed by atoms with Gasteiger partial charge in [-0.3, -0.25) is 9.69 Å². The van der Waals surface area contributed by atoms with Gasteiger partial charge in [0.05, 0.1) is 41.8 Å². The average Bonchev–Trinajstić information content (AvgIpc) is 2.93. The normalized spacial score (nSPS) is 21.7. The van der Waals surface area contributed by atoms with Crippen LogP contribution in [-0.2, 0) is 19.1 Å². The van der Waals surface area contributed by atoms with Gasteiger partial charge in [-0.05, 0) is 38.5 Å². The Hall–Kier alpha value is -2.61. The number of fused-ring (bicyclic) bond motifs is 1. The number of rotatable bonds is 4. The van der Waals surface area contributed by atoms with Crippen LogP contribution in [0.15, 0.2) is 40.5 Å². The SMILES string of the molecule is CCOC(=O)C1=C(C)N=C2S[C@@H](C)C(=O)N2[C@@H]1c1ccc(C(=O)OC)cc1. The second kappa shape index (κ2) is 7.56. The molecule has 1 amide bonds. The van der Waals surface area contributed by atoms with Crippen LogP contribution in [0.5, 0.6) is 0 Å². The molecule has 2 aliphatic rings. The number of amides is 1. The zero-order valence-corrected chi connectivity index (χ0v) is 16.3. The predicted octanol–water partition coefficient (Wildman–Crippen LogP) is 2.68. The van der Waals surface area contributed by atoms with Gasteiger partial charge in [-0.25, -0.2) is 14.6 Å². The second-order valence-corrected chi connectivity index (χ2v) is 7.41. The van der Waals surface area contributed by atoms with E-state index in [1.54, 1.807) is 43.0 Å². The minimum Gasteiger partial charge on any atom is -0.465 e. The molecule has 0 aliphatic carbocycles. The Morgan fingerprint density at radius 2 is 1.89 bits per heavy atom. The molecular formula is C19H20N2O5S. The van der Waals surface area contributed by atoms with E-state index in [2.05, 4.69) is 4.99 Å². The van der Waals surface area contributed by atoms with Gasteiger partial charge in [0.2, 0.25) is 5.91 Å². The molecule has 1 aromatic rings. The zero-order chi connectivity index (χ0) is 19.7. The summed E-state index contributed by atoms with van der Waals surface area (Å²) in [7, 11) is 1.31. The van der Waals surface area contributed by atoms with E-state index in [1.807, 2.05) is 6.92 Å². The number of hydrogen-bond donors (Lipinski definition) is 0. The maximum Gasteiger partial charge on any atom is 0.338 e. The number of esters is 2. The quantitative estimate of drug-likeness (QED) is 0.737. The van der Waals surface area contributed by atoms with E-state index in [0.717, 1.165) is 0 Å². The molecule has 2 atom stereocenters. The molecule has 0 spiro atoms. The van der Waals surface area contributed by atoms with Gasteiger partial charge in [-0.2, -0.15) is 0 Å².